The molecule has 0 radical (unpaired) electrons. The Kier molecular flexibility index (Phi) is 19.4. The monoisotopic (exact) mass is 849 g/mol. The smallest absolute Gasteiger partial charge is 0.407 e. The SMILES string of the molecule is CC(C)CCC[C@@H](C)[C@H]1CC[C@H]2[C@@H]3CC=C4C[C@@H](OC(=O)NCCOCCOCCNC(=O)NCCCCC(C(=O)O)N(CC(=O)O)CC(=O)O)CC[C@]4(C)C3CCC12C. The number of amides is 3. The van der Waals surface area contributed by atoms with Gasteiger partial charge in [0.25, 0.3) is 0 Å². The predicted molar refractivity (Wildman–Crippen MR) is 226 cm³/mol. The van der Waals surface area contributed by atoms with E-state index in [0.717, 1.165) is 59.7 Å². The van der Waals surface area contributed by atoms with Crippen LogP contribution in [0.25, 0.3) is 0 Å². The summed E-state index contributed by atoms with van der Waals surface area (Å²) < 4.78 is 17.0. The number of alkyl carbamates (subject to hydrolysis) is 1. The third-order valence-electron chi connectivity index (χ3n) is 14.5. The van der Waals surface area contributed by atoms with E-state index in [1.54, 1.807) is 0 Å². The van der Waals surface area contributed by atoms with Crippen molar-refractivity contribution in [1.29, 1.82) is 0 Å². The lowest BCUT2D eigenvalue weighted by molar-refractivity contribution is -0.149. The molecule has 15 nitrogen and oxygen atoms in total. The van der Waals surface area contributed by atoms with Crippen molar-refractivity contribution >= 4 is 30.0 Å². The molecule has 0 aliphatic heterocycles. The summed E-state index contributed by atoms with van der Waals surface area (Å²) in [5, 5.41) is 35.6. The van der Waals surface area contributed by atoms with Crippen molar-refractivity contribution < 1.29 is 53.5 Å². The van der Waals surface area contributed by atoms with Gasteiger partial charge in [-0.05, 0) is 111 Å². The standard InChI is InChI=1S/C45H76N4O11/c1-30(2)9-8-10-31(3)35-14-15-36-34-13-12-32-27-33(16-18-44(32,4)37(34)17-19-45(35,36)5)60-43(57)48-22-24-59-26-25-58-23-21-47-42(56)46-20-7-6-11-38(41(54)55)49(28-39(50)51)29-40(52)53/h12,30-31,33-38H,6-11,13-29H2,1-5H3,(H,48,57)(H,50,51)(H,52,53)(H,54,55)(H2,46,47,56)/t31-,33+,34+,35-,36+,37?,38?,44+,45?/m1/s1. The first-order valence-corrected chi connectivity index (χ1v) is 22.8. The molecule has 60 heavy (non-hydrogen) atoms. The third kappa shape index (κ3) is 14.1. The zero-order chi connectivity index (χ0) is 43.9. The third-order valence-corrected chi connectivity index (χ3v) is 14.5. The highest BCUT2D eigenvalue weighted by molar-refractivity contribution is 5.78. The van der Waals surface area contributed by atoms with E-state index < -0.39 is 49.2 Å². The number of hydrogen-bond acceptors (Lipinski definition) is 9. The van der Waals surface area contributed by atoms with Gasteiger partial charge in [0, 0.05) is 26.1 Å². The summed E-state index contributed by atoms with van der Waals surface area (Å²) in [5.41, 5.74) is 2.20. The number of carbonyl (C=O) groups excluding carboxylic acids is 2. The second kappa shape index (κ2) is 23.7. The maximum atomic E-state index is 12.7. The van der Waals surface area contributed by atoms with Crippen LogP contribution in [-0.4, -0.2) is 122 Å². The van der Waals surface area contributed by atoms with Crippen molar-refractivity contribution in [3.8, 4) is 0 Å². The van der Waals surface area contributed by atoms with Crippen LogP contribution in [0, 0.1) is 46.3 Å². The molecule has 3 amide bonds. The molecule has 4 aliphatic rings. The molecule has 0 heterocycles. The zero-order valence-electron chi connectivity index (χ0n) is 37.0. The van der Waals surface area contributed by atoms with E-state index in [0.29, 0.717) is 44.6 Å². The summed E-state index contributed by atoms with van der Waals surface area (Å²) in [6, 6.07) is -1.68. The molecule has 342 valence electrons. The minimum Gasteiger partial charge on any atom is -0.480 e. The number of unbranched alkanes of at least 4 members (excludes halogenated alkanes) is 1. The minimum absolute atomic E-state index is 0.0352. The lowest BCUT2D eigenvalue weighted by Gasteiger charge is -2.58. The van der Waals surface area contributed by atoms with Crippen molar-refractivity contribution in [2.45, 2.75) is 137 Å². The van der Waals surface area contributed by atoms with Crippen molar-refractivity contribution in [3.05, 3.63) is 11.6 Å². The van der Waals surface area contributed by atoms with Crippen LogP contribution in [0.1, 0.15) is 125 Å². The Morgan fingerprint density at radius 2 is 1.43 bits per heavy atom. The molecule has 3 unspecified atom stereocenters. The van der Waals surface area contributed by atoms with Crippen molar-refractivity contribution in [3.63, 3.8) is 0 Å². The van der Waals surface area contributed by atoms with Crippen LogP contribution in [0.4, 0.5) is 9.59 Å². The quantitative estimate of drug-likeness (QED) is 0.0404. The van der Waals surface area contributed by atoms with E-state index in [2.05, 4.69) is 56.6 Å². The molecule has 0 saturated heterocycles. The van der Waals surface area contributed by atoms with E-state index in [-0.39, 0.29) is 37.6 Å². The molecule has 4 rings (SSSR count). The number of carbonyl (C=O) groups is 5. The summed E-state index contributed by atoms with van der Waals surface area (Å²) in [6.45, 7) is 13.0. The topological polar surface area (TPSA) is 213 Å². The summed E-state index contributed by atoms with van der Waals surface area (Å²) >= 11 is 0. The highest BCUT2D eigenvalue weighted by Gasteiger charge is 2.59. The Morgan fingerprint density at radius 1 is 0.767 bits per heavy atom. The Hall–Kier alpha value is -3.43. The predicted octanol–water partition coefficient (Wildman–Crippen LogP) is 6.55. The Balaban J connectivity index is 1.02. The maximum absolute atomic E-state index is 12.7. The molecular formula is C45H76N4O11. The molecule has 3 fully saturated rings. The number of hydrogen-bond donors (Lipinski definition) is 6. The molecule has 9 atom stereocenters. The number of carboxylic acid groups (broad SMARTS) is 3. The molecule has 15 heteroatoms. The van der Waals surface area contributed by atoms with E-state index in [9.17, 15) is 29.1 Å². The van der Waals surface area contributed by atoms with Gasteiger partial charge in [0.1, 0.15) is 12.1 Å². The first kappa shape index (κ1) is 49.2. The molecule has 0 spiro atoms. The van der Waals surface area contributed by atoms with Crippen LogP contribution in [0.3, 0.4) is 0 Å². The van der Waals surface area contributed by atoms with Crippen LogP contribution in [0.15, 0.2) is 11.6 Å². The lowest BCUT2D eigenvalue weighted by atomic mass is 9.47. The van der Waals surface area contributed by atoms with Crippen molar-refractivity contribution in [2.24, 2.45) is 46.3 Å². The number of urea groups is 1. The molecule has 0 bridgehead atoms. The Labute approximate surface area is 357 Å². The van der Waals surface area contributed by atoms with E-state index >= 15 is 0 Å². The maximum Gasteiger partial charge on any atom is 0.407 e. The van der Waals surface area contributed by atoms with Gasteiger partial charge in [-0.3, -0.25) is 19.3 Å². The first-order valence-electron chi connectivity index (χ1n) is 22.8. The van der Waals surface area contributed by atoms with Gasteiger partial charge < -0.3 is 45.5 Å². The fourth-order valence-corrected chi connectivity index (χ4v) is 11.5. The van der Waals surface area contributed by atoms with Crippen molar-refractivity contribution in [2.75, 3.05) is 59.2 Å². The summed E-state index contributed by atoms with van der Waals surface area (Å²) in [4.78, 5) is 59.3. The Bertz CT molecular complexity index is 1440. The Morgan fingerprint density at radius 3 is 2.08 bits per heavy atom. The van der Waals surface area contributed by atoms with E-state index in [1.807, 2.05) is 0 Å². The number of nitrogens with zero attached hydrogens (tertiary/aromatic N) is 1. The molecule has 0 aromatic carbocycles. The van der Waals surface area contributed by atoms with Gasteiger partial charge in [-0.25, -0.2) is 9.59 Å². The number of ether oxygens (including phenoxy) is 3. The van der Waals surface area contributed by atoms with Gasteiger partial charge >= 0.3 is 30.0 Å². The molecule has 0 aromatic heterocycles. The van der Waals surface area contributed by atoms with Crippen LogP contribution in [-0.2, 0) is 28.6 Å². The minimum atomic E-state index is -1.32. The number of fused-ring (bicyclic) bond motifs is 5. The highest BCUT2D eigenvalue weighted by atomic mass is 16.6. The molecule has 3 saturated carbocycles. The molecular weight excluding hydrogens is 773 g/mol. The second-order valence-electron chi connectivity index (χ2n) is 18.9. The molecule has 6 N–H and O–H groups in total. The van der Waals surface area contributed by atoms with Crippen LogP contribution in [0.5, 0.6) is 0 Å². The number of rotatable bonds is 26. The number of carboxylic acids is 3. The number of aliphatic carboxylic acids is 3. The van der Waals surface area contributed by atoms with Gasteiger partial charge in [0.05, 0.1) is 39.5 Å². The van der Waals surface area contributed by atoms with Gasteiger partial charge in [-0.1, -0.05) is 65.5 Å². The van der Waals surface area contributed by atoms with Gasteiger partial charge in [0.2, 0.25) is 0 Å². The normalized spacial score (nSPS) is 28.1. The van der Waals surface area contributed by atoms with Gasteiger partial charge in [-0.15, -0.1) is 0 Å². The average Bonchev–Trinajstić information content (AvgIpc) is 3.53. The zero-order valence-corrected chi connectivity index (χ0v) is 37.0. The fourth-order valence-electron chi connectivity index (χ4n) is 11.5. The van der Waals surface area contributed by atoms with Crippen LogP contribution < -0.4 is 16.0 Å². The van der Waals surface area contributed by atoms with Crippen LogP contribution >= 0.6 is 0 Å². The van der Waals surface area contributed by atoms with E-state index in [4.69, 9.17) is 24.4 Å². The van der Waals surface area contributed by atoms with Gasteiger partial charge in [-0.2, -0.15) is 0 Å². The van der Waals surface area contributed by atoms with E-state index in [1.165, 1.54) is 56.9 Å². The summed E-state index contributed by atoms with van der Waals surface area (Å²) in [5.74, 6) is 0.865. The highest BCUT2D eigenvalue weighted by Crippen LogP contribution is 2.67. The van der Waals surface area contributed by atoms with Gasteiger partial charge in [0.15, 0.2) is 0 Å². The van der Waals surface area contributed by atoms with Crippen LogP contribution in [0.2, 0.25) is 0 Å². The summed E-state index contributed by atoms with van der Waals surface area (Å²) in [7, 11) is 0. The number of nitrogens with one attached hydrogen (secondary N) is 3. The average molecular weight is 849 g/mol. The fraction of sp³-hybridized carbons (Fsp3) is 0.844. The largest absolute Gasteiger partial charge is 0.480 e. The summed E-state index contributed by atoms with van der Waals surface area (Å²) in [6.07, 6.45) is 16.4. The lowest BCUT2D eigenvalue weighted by Crippen LogP contribution is -2.51. The number of allylic oxidation sites excluding steroid dienone is 1. The van der Waals surface area contributed by atoms with Crippen molar-refractivity contribution in [1.82, 2.24) is 20.9 Å². The molecule has 0 aromatic rings. The molecule has 4 aliphatic carbocycles. The first-order chi connectivity index (χ1) is 28.5. The second-order valence-corrected chi connectivity index (χ2v) is 18.9.